The van der Waals surface area contributed by atoms with E-state index in [4.69, 9.17) is 18.9 Å². The third kappa shape index (κ3) is 5.32. The summed E-state index contributed by atoms with van der Waals surface area (Å²) in [5.74, 6) is 1.40. The lowest BCUT2D eigenvalue weighted by atomic mass is 9.92. The van der Waals surface area contributed by atoms with Gasteiger partial charge in [0.2, 0.25) is 0 Å². The Morgan fingerprint density at radius 3 is 2.29 bits per heavy atom. The Bertz CT molecular complexity index is 1180. The van der Waals surface area contributed by atoms with Crippen LogP contribution in [0.4, 0.5) is 10.5 Å². The first-order valence-corrected chi connectivity index (χ1v) is 11.2. The van der Waals surface area contributed by atoms with Crippen LogP contribution in [0.5, 0.6) is 17.2 Å². The topological polar surface area (TPSA) is 86.3 Å². The second-order valence-corrected chi connectivity index (χ2v) is 7.99. The molecule has 3 aromatic carbocycles. The van der Waals surface area contributed by atoms with E-state index in [1.165, 1.54) is 7.11 Å². The van der Waals surface area contributed by atoms with E-state index in [-0.39, 0.29) is 18.7 Å². The van der Waals surface area contributed by atoms with Crippen LogP contribution in [0.2, 0.25) is 0 Å². The summed E-state index contributed by atoms with van der Waals surface area (Å²) in [6.45, 7) is 0.721. The third-order valence-electron chi connectivity index (χ3n) is 5.97. The van der Waals surface area contributed by atoms with Crippen LogP contribution in [0.15, 0.2) is 66.7 Å². The van der Waals surface area contributed by atoms with Crippen molar-refractivity contribution in [2.45, 2.75) is 12.5 Å². The Labute approximate surface area is 204 Å². The standard InChI is InChI=1S/C27H28N2O6/c1-32-24-15-19-13-14-29(27(31)28-20-7-5-4-6-8-20)23(22(19)16-25(24)33-2)17-35-21-11-9-18(10-12-21)26(30)34-3/h4-12,15-16,23H,13-14,17H2,1-3H3,(H,28,31)/t23-/m1/s1. The predicted molar refractivity (Wildman–Crippen MR) is 131 cm³/mol. The van der Waals surface area contributed by atoms with Gasteiger partial charge in [-0.25, -0.2) is 9.59 Å². The van der Waals surface area contributed by atoms with Crippen molar-refractivity contribution in [1.82, 2.24) is 4.90 Å². The molecule has 0 spiro atoms. The Morgan fingerprint density at radius 1 is 0.943 bits per heavy atom. The molecule has 4 rings (SSSR count). The molecule has 0 saturated heterocycles. The normalized spacial score (nSPS) is 14.5. The number of nitrogens with one attached hydrogen (secondary N) is 1. The number of para-hydroxylation sites is 1. The zero-order valence-electron chi connectivity index (χ0n) is 19.9. The van der Waals surface area contributed by atoms with Crippen LogP contribution in [-0.4, -0.2) is 51.4 Å². The van der Waals surface area contributed by atoms with Gasteiger partial charge in [-0.15, -0.1) is 0 Å². The summed E-state index contributed by atoms with van der Waals surface area (Å²) in [5.41, 5.74) is 3.15. The number of rotatable bonds is 7. The fourth-order valence-electron chi connectivity index (χ4n) is 4.15. The van der Waals surface area contributed by atoms with Crippen molar-refractivity contribution in [1.29, 1.82) is 0 Å². The van der Waals surface area contributed by atoms with Crippen LogP contribution in [0.1, 0.15) is 27.5 Å². The van der Waals surface area contributed by atoms with Gasteiger partial charge in [0.15, 0.2) is 11.5 Å². The summed E-state index contributed by atoms with van der Waals surface area (Å²) in [4.78, 5) is 26.8. The van der Waals surface area contributed by atoms with Crippen molar-refractivity contribution in [3.8, 4) is 17.2 Å². The van der Waals surface area contributed by atoms with Gasteiger partial charge in [0.05, 0.1) is 32.9 Å². The number of fused-ring (bicyclic) bond motifs is 1. The summed E-state index contributed by atoms with van der Waals surface area (Å²) < 4.78 is 21.8. The molecule has 0 unspecified atom stereocenters. The summed E-state index contributed by atoms with van der Waals surface area (Å²) >= 11 is 0. The number of amides is 2. The maximum absolute atomic E-state index is 13.3. The molecule has 3 aromatic rings. The van der Waals surface area contributed by atoms with E-state index in [0.717, 1.165) is 11.1 Å². The zero-order chi connectivity index (χ0) is 24.8. The summed E-state index contributed by atoms with van der Waals surface area (Å²) in [5, 5.41) is 2.97. The Kier molecular flexibility index (Phi) is 7.40. The number of esters is 1. The lowest BCUT2D eigenvalue weighted by Gasteiger charge is -2.37. The molecule has 0 bridgehead atoms. The average molecular weight is 477 g/mol. The highest BCUT2D eigenvalue weighted by Gasteiger charge is 2.33. The van der Waals surface area contributed by atoms with Crippen LogP contribution in [0.3, 0.4) is 0 Å². The van der Waals surface area contributed by atoms with Crippen molar-refractivity contribution in [3.05, 3.63) is 83.4 Å². The molecule has 35 heavy (non-hydrogen) atoms. The monoisotopic (exact) mass is 476 g/mol. The second-order valence-electron chi connectivity index (χ2n) is 7.99. The molecule has 1 aliphatic rings. The van der Waals surface area contributed by atoms with E-state index >= 15 is 0 Å². The van der Waals surface area contributed by atoms with E-state index in [2.05, 4.69) is 5.32 Å². The van der Waals surface area contributed by atoms with E-state index < -0.39 is 5.97 Å². The number of hydrogen-bond acceptors (Lipinski definition) is 6. The molecule has 0 aromatic heterocycles. The van der Waals surface area contributed by atoms with Gasteiger partial charge in [-0.2, -0.15) is 0 Å². The fraction of sp³-hybridized carbons (Fsp3) is 0.259. The van der Waals surface area contributed by atoms with Gasteiger partial charge in [0.1, 0.15) is 12.4 Å². The highest BCUT2D eigenvalue weighted by atomic mass is 16.5. The van der Waals surface area contributed by atoms with Crippen LogP contribution in [-0.2, 0) is 11.2 Å². The minimum absolute atomic E-state index is 0.211. The van der Waals surface area contributed by atoms with Crippen molar-refractivity contribution in [2.24, 2.45) is 0 Å². The molecule has 8 nitrogen and oxygen atoms in total. The molecular weight excluding hydrogens is 448 g/mol. The van der Waals surface area contributed by atoms with Gasteiger partial charge in [0, 0.05) is 12.2 Å². The molecular formula is C27H28N2O6. The van der Waals surface area contributed by atoms with Crippen LogP contribution in [0, 0.1) is 0 Å². The maximum atomic E-state index is 13.3. The van der Waals surface area contributed by atoms with Crippen molar-refractivity contribution in [2.75, 3.05) is 39.8 Å². The molecule has 1 N–H and O–H groups in total. The number of methoxy groups -OCH3 is 3. The number of nitrogens with zero attached hydrogens (tertiary/aromatic N) is 1. The number of benzene rings is 3. The Balaban J connectivity index is 1.61. The third-order valence-corrected chi connectivity index (χ3v) is 5.97. The van der Waals surface area contributed by atoms with E-state index in [9.17, 15) is 9.59 Å². The first kappa shape index (κ1) is 23.9. The highest BCUT2D eigenvalue weighted by molar-refractivity contribution is 5.90. The number of carbonyl (C=O) groups excluding carboxylic acids is 2. The summed E-state index contributed by atoms with van der Waals surface area (Å²) in [6.07, 6.45) is 0.669. The fourth-order valence-corrected chi connectivity index (χ4v) is 4.15. The number of carbonyl (C=O) groups is 2. The molecule has 0 radical (unpaired) electrons. The predicted octanol–water partition coefficient (Wildman–Crippen LogP) is 4.70. The highest BCUT2D eigenvalue weighted by Crippen LogP contribution is 2.38. The first-order chi connectivity index (χ1) is 17.0. The molecule has 0 fully saturated rings. The average Bonchev–Trinajstić information content (AvgIpc) is 2.91. The summed E-state index contributed by atoms with van der Waals surface area (Å²) in [7, 11) is 4.53. The number of anilines is 1. The van der Waals surface area contributed by atoms with Gasteiger partial charge < -0.3 is 29.2 Å². The molecule has 1 aliphatic heterocycles. The quantitative estimate of drug-likeness (QED) is 0.498. The first-order valence-electron chi connectivity index (χ1n) is 11.2. The van der Waals surface area contributed by atoms with Crippen LogP contribution < -0.4 is 19.5 Å². The second kappa shape index (κ2) is 10.8. The Morgan fingerprint density at radius 2 is 1.63 bits per heavy atom. The number of urea groups is 1. The lowest BCUT2D eigenvalue weighted by molar-refractivity contribution is 0.0600. The minimum Gasteiger partial charge on any atom is -0.493 e. The van der Waals surface area contributed by atoms with Crippen molar-refractivity contribution >= 4 is 17.7 Å². The Hall–Kier alpha value is -4.20. The van der Waals surface area contributed by atoms with E-state index in [1.54, 1.807) is 43.4 Å². The molecule has 8 heteroatoms. The lowest BCUT2D eigenvalue weighted by Crippen LogP contribution is -2.44. The molecule has 1 atom stereocenters. The van der Waals surface area contributed by atoms with Gasteiger partial charge in [-0.1, -0.05) is 18.2 Å². The molecule has 0 saturated carbocycles. The van der Waals surface area contributed by atoms with Crippen molar-refractivity contribution in [3.63, 3.8) is 0 Å². The zero-order valence-corrected chi connectivity index (χ0v) is 19.9. The summed E-state index contributed by atoms with van der Waals surface area (Å²) in [6, 6.07) is 19.3. The van der Waals surface area contributed by atoms with E-state index in [1.807, 2.05) is 42.5 Å². The van der Waals surface area contributed by atoms with Crippen LogP contribution >= 0.6 is 0 Å². The largest absolute Gasteiger partial charge is 0.493 e. The smallest absolute Gasteiger partial charge is 0.337 e. The maximum Gasteiger partial charge on any atom is 0.337 e. The molecule has 1 heterocycles. The van der Waals surface area contributed by atoms with Gasteiger partial charge in [0.25, 0.3) is 0 Å². The van der Waals surface area contributed by atoms with Gasteiger partial charge >= 0.3 is 12.0 Å². The molecule has 182 valence electrons. The van der Waals surface area contributed by atoms with E-state index in [0.29, 0.717) is 41.5 Å². The van der Waals surface area contributed by atoms with Crippen LogP contribution in [0.25, 0.3) is 0 Å². The van der Waals surface area contributed by atoms with Gasteiger partial charge in [-0.3, -0.25) is 0 Å². The van der Waals surface area contributed by atoms with Gasteiger partial charge in [-0.05, 0) is 66.1 Å². The van der Waals surface area contributed by atoms with Crippen molar-refractivity contribution < 1.29 is 28.5 Å². The number of hydrogen-bond donors (Lipinski definition) is 1. The molecule has 2 amide bonds. The molecule has 0 aliphatic carbocycles. The SMILES string of the molecule is COC(=O)c1ccc(OC[C@@H]2c3cc(OC)c(OC)cc3CCN2C(=O)Nc2ccccc2)cc1. The minimum atomic E-state index is -0.414. The number of ether oxygens (including phenoxy) is 4.